The number of benzene rings is 1. The molecule has 1 aromatic carbocycles. The molecule has 2 N–H and O–H groups in total. The fourth-order valence-electron chi connectivity index (χ4n) is 1.84. The van der Waals surface area contributed by atoms with Crippen molar-refractivity contribution in [2.75, 3.05) is 25.0 Å². The van der Waals surface area contributed by atoms with Crippen molar-refractivity contribution in [3.05, 3.63) is 28.8 Å². The predicted octanol–water partition coefficient (Wildman–Crippen LogP) is 2.32. The Hall–Kier alpha value is -1.96. The van der Waals surface area contributed by atoms with Crippen molar-refractivity contribution >= 4 is 29.2 Å². The van der Waals surface area contributed by atoms with Crippen LogP contribution in [0.3, 0.4) is 0 Å². The van der Waals surface area contributed by atoms with Crippen molar-refractivity contribution in [1.29, 1.82) is 0 Å². The van der Waals surface area contributed by atoms with Crippen molar-refractivity contribution in [3.8, 4) is 0 Å². The maximum absolute atomic E-state index is 12.6. The Morgan fingerprint density at radius 3 is 2.67 bits per heavy atom. The van der Waals surface area contributed by atoms with E-state index in [1.54, 1.807) is 0 Å². The molecule has 1 aliphatic heterocycles. The van der Waals surface area contributed by atoms with Crippen LogP contribution in [-0.4, -0.2) is 36.5 Å². The normalized spacial score (nSPS) is 15.6. The number of hydrogen-bond acceptors (Lipinski definition) is 2. The molecular weight excluding hydrogens is 311 g/mol. The molecule has 0 atom stereocenters. The molecule has 1 heterocycles. The smallest absolute Gasteiger partial charge is 0.353 e. The molecule has 0 spiro atoms. The van der Waals surface area contributed by atoms with E-state index in [0.29, 0.717) is 13.1 Å². The van der Waals surface area contributed by atoms with E-state index < -0.39 is 22.8 Å². The Kier molecular flexibility index (Phi) is 4.26. The topological polar surface area (TPSA) is 61.4 Å². The van der Waals surface area contributed by atoms with E-state index in [-0.39, 0.29) is 18.1 Å². The summed E-state index contributed by atoms with van der Waals surface area (Å²) in [6.07, 6.45) is -4.55. The van der Waals surface area contributed by atoms with Crippen LogP contribution in [0, 0.1) is 0 Å². The number of nitrogens with zero attached hydrogens (tertiary/aromatic N) is 1. The lowest BCUT2D eigenvalue weighted by Gasteiger charge is -2.26. The number of anilines is 1. The molecule has 0 saturated carbocycles. The van der Waals surface area contributed by atoms with E-state index in [0.717, 1.165) is 18.2 Å². The number of carbonyl (C=O) groups excluding carboxylic acids is 2. The number of hydrogen-bond donors (Lipinski definition) is 2. The van der Waals surface area contributed by atoms with Gasteiger partial charge in [0.05, 0.1) is 10.6 Å². The molecule has 0 aromatic heterocycles. The van der Waals surface area contributed by atoms with Gasteiger partial charge in [0.2, 0.25) is 5.91 Å². The summed E-state index contributed by atoms with van der Waals surface area (Å²) in [5, 5.41) is 4.46. The molecule has 0 aliphatic carbocycles. The van der Waals surface area contributed by atoms with Crippen molar-refractivity contribution in [2.45, 2.75) is 6.18 Å². The highest BCUT2D eigenvalue weighted by molar-refractivity contribution is 6.31. The lowest BCUT2D eigenvalue weighted by Crippen LogP contribution is -2.51. The summed E-state index contributed by atoms with van der Waals surface area (Å²) >= 11 is 5.56. The summed E-state index contributed by atoms with van der Waals surface area (Å²) in [6.45, 7) is 0.562. The van der Waals surface area contributed by atoms with Crippen molar-refractivity contribution in [3.63, 3.8) is 0 Å². The average molecular weight is 322 g/mol. The molecule has 1 fully saturated rings. The summed E-state index contributed by atoms with van der Waals surface area (Å²) in [5.74, 6) is -0.290. The molecule has 114 valence electrons. The lowest BCUT2D eigenvalue weighted by molar-refractivity contribution is -0.137. The van der Waals surface area contributed by atoms with Gasteiger partial charge in [-0.2, -0.15) is 13.2 Å². The van der Waals surface area contributed by atoms with Gasteiger partial charge in [-0.15, -0.1) is 0 Å². The zero-order valence-electron chi connectivity index (χ0n) is 10.6. The van der Waals surface area contributed by atoms with Crippen LogP contribution in [0.25, 0.3) is 0 Å². The Labute approximate surface area is 123 Å². The Morgan fingerprint density at radius 2 is 2.10 bits per heavy atom. The minimum Gasteiger partial charge on any atom is -0.353 e. The summed E-state index contributed by atoms with van der Waals surface area (Å²) < 4.78 is 37.7. The molecule has 5 nitrogen and oxygen atoms in total. The fourth-order valence-corrected chi connectivity index (χ4v) is 2.12. The molecule has 1 aliphatic rings. The second kappa shape index (κ2) is 5.80. The standard InChI is InChI=1S/C12H11ClF3N3O2/c13-9-5-7(1-2-8(9)12(14,15)16)18-11(21)19-4-3-17-10(20)6-19/h1-2,5H,3-4,6H2,(H,17,20)(H,18,21). The van der Waals surface area contributed by atoms with Crippen LogP contribution >= 0.6 is 11.6 Å². The second-order valence-corrected chi connectivity index (χ2v) is 4.80. The van der Waals surface area contributed by atoms with Crippen LogP contribution < -0.4 is 10.6 Å². The van der Waals surface area contributed by atoms with Crippen LogP contribution in [-0.2, 0) is 11.0 Å². The van der Waals surface area contributed by atoms with Crippen LogP contribution in [0.2, 0.25) is 5.02 Å². The lowest BCUT2D eigenvalue weighted by atomic mass is 10.2. The minimum absolute atomic E-state index is 0.0970. The molecule has 1 saturated heterocycles. The van der Waals surface area contributed by atoms with Gasteiger partial charge in [0.1, 0.15) is 6.54 Å². The minimum atomic E-state index is -4.55. The maximum atomic E-state index is 12.6. The Balaban J connectivity index is 2.08. The predicted molar refractivity (Wildman–Crippen MR) is 70.1 cm³/mol. The van der Waals surface area contributed by atoms with E-state index in [4.69, 9.17) is 11.6 Å². The molecule has 21 heavy (non-hydrogen) atoms. The van der Waals surface area contributed by atoms with Gasteiger partial charge in [-0.1, -0.05) is 11.6 Å². The largest absolute Gasteiger partial charge is 0.417 e. The van der Waals surface area contributed by atoms with Gasteiger partial charge in [0.25, 0.3) is 0 Å². The molecule has 9 heteroatoms. The van der Waals surface area contributed by atoms with Gasteiger partial charge in [-0.05, 0) is 18.2 Å². The third-order valence-corrected chi connectivity index (χ3v) is 3.16. The molecule has 0 radical (unpaired) electrons. The number of nitrogens with one attached hydrogen (secondary N) is 2. The third kappa shape index (κ3) is 3.78. The van der Waals surface area contributed by atoms with Gasteiger partial charge in [0, 0.05) is 18.8 Å². The quantitative estimate of drug-likeness (QED) is 0.834. The third-order valence-electron chi connectivity index (χ3n) is 2.85. The maximum Gasteiger partial charge on any atom is 0.417 e. The van der Waals surface area contributed by atoms with E-state index in [1.165, 1.54) is 4.90 Å². The Bertz CT molecular complexity index is 577. The summed E-state index contributed by atoms with van der Waals surface area (Å²) in [4.78, 5) is 24.3. The average Bonchev–Trinajstić information content (AvgIpc) is 2.37. The zero-order valence-corrected chi connectivity index (χ0v) is 11.4. The zero-order chi connectivity index (χ0) is 15.6. The first-order valence-corrected chi connectivity index (χ1v) is 6.34. The number of urea groups is 1. The van der Waals surface area contributed by atoms with Crippen LogP contribution in [0.4, 0.5) is 23.7 Å². The first-order chi connectivity index (χ1) is 9.77. The monoisotopic (exact) mass is 321 g/mol. The van der Waals surface area contributed by atoms with Gasteiger partial charge in [0.15, 0.2) is 0 Å². The fraction of sp³-hybridized carbons (Fsp3) is 0.333. The summed E-state index contributed by atoms with van der Waals surface area (Å²) in [5.41, 5.74) is -0.844. The number of amides is 3. The van der Waals surface area contributed by atoms with Gasteiger partial charge < -0.3 is 15.5 Å². The second-order valence-electron chi connectivity index (χ2n) is 4.39. The number of halogens is 4. The first-order valence-electron chi connectivity index (χ1n) is 5.97. The molecular formula is C12H11ClF3N3O2. The van der Waals surface area contributed by atoms with Crippen molar-refractivity contribution in [1.82, 2.24) is 10.2 Å². The van der Waals surface area contributed by atoms with Crippen LogP contribution in [0.15, 0.2) is 18.2 Å². The van der Waals surface area contributed by atoms with Crippen molar-refractivity contribution in [2.24, 2.45) is 0 Å². The van der Waals surface area contributed by atoms with Gasteiger partial charge >= 0.3 is 12.2 Å². The molecule has 0 bridgehead atoms. The van der Waals surface area contributed by atoms with Crippen LogP contribution in [0.5, 0.6) is 0 Å². The SMILES string of the molecule is O=C1CN(C(=O)Nc2ccc(C(F)(F)F)c(Cl)c2)CCN1. The number of carbonyl (C=O) groups is 2. The van der Waals surface area contributed by atoms with Crippen LogP contribution in [0.1, 0.15) is 5.56 Å². The van der Waals surface area contributed by atoms with E-state index in [9.17, 15) is 22.8 Å². The molecule has 0 unspecified atom stereocenters. The van der Waals surface area contributed by atoms with E-state index >= 15 is 0 Å². The van der Waals surface area contributed by atoms with Crippen molar-refractivity contribution < 1.29 is 22.8 Å². The highest BCUT2D eigenvalue weighted by Crippen LogP contribution is 2.35. The highest BCUT2D eigenvalue weighted by atomic mass is 35.5. The van der Waals surface area contributed by atoms with Gasteiger partial charge in [-0.25, -0.2) is 4.79 Å². The molecule has 3 amide bonds. The number of rotatable bonds is 1. The number of piperazine rings is 1. The molecule has 2 rings (SSSR count). The number of alkyl halides is 3. The summed E-state index contributed by atoms with van der Waals surface area (Å²) in [7, 11) is 0. The first kappa shape index (κ1) is 15.4. The Morgan fingerprint density at radius 1 is 1.38 bits per heavy atom. The highest BCUT2D eigenvalue weighted by Gasteiger charge is 2.33. The van der Waals surface area contributed by atoms with E-state index in [1.807, 2.05) is 0 Å². The molecule has 1 aromatic rings. The summed E-state index contributed by atoms with van der Waals surface area (Å²) in [6, 6.07) is 2.35. The van der Waals surface area contributed by atoms with Gasteiger partial charge in [-0.3, -0.25) is 4.79 Å². The van der Waals surface area contributed by atoms with E-state index in [2.05, 4.69) is 10.6 Å².